The van der Waals surface area contributed by atoms with Crippen molar-refractivity contribution in [3.8, 4) is 0 Å². The standard InChI is InChI=1S/C20H28FN3O2/c21-16-8-6-15(7-9-16)20(10-2-3-11-20)14-23-18(25)13-24-12-4-1-5-17(24)19(22)26/h6-9,17H,1-5,10-14H2,(H2,22,26)(H,23,25). The van der Waals surface area contributed by atoms with Crippen LogP contribution in [0, 0.1) is 5.82 Å². The maximum Gasteiger partial charge on any atom is 0.234 e. The van der Waals surface area contributed by atoms with Crippen LogP contribution in [0.15, 0.2) is 24.3 Å². The van der Waals surface area contributed by atoms with Gasteiger partial charge >= 0.3 is 0 Å². The highest BCUT2D eigenvalue weighted by atomic mass is 19.1. The number of hydrogen-bond donors (Lipinski definition) is 2. The largest absolute Gasteiger partial charge is 0.368 e. The van der Waals surface area contributed by atoms with Crippen LogP contribution in [-0.4, -0.2) is 42.4 Å². The minimum Gasteiger partial charge on any atom is -0.368 e. The minimum atomic E-state index is -0.351. The number of likely N-dealkylation sites (tertiary alicyclic amines) is 1. The van der Waals surface area contributed by atoms with Gasteiger partial charge in [0.15, 0.2) is 0 Å². The van der Waals surface area contributed by atoms with E-state index in [9.17, 15) is 14.0 Å². The van der Waals surface area contributed by atoms with Gasteiger partial charge in [0.25, 0.3) is 0 Å². The first kappa shape index (κ1) is 18.8. The van der Waals surface area contributed by atoms with Gasteiger partial charge in [0.05, 0.1) is 12.6 Å². The number of nitrogens with one attached hydrogen (secondary N) is 1. The molecule has 1 aliphatic carbocycles. The molecule has 1 saturated carbocycles. The first-order valence-electron chi connectivity index (χ1n) is 9.56. The fourth-order valence-electron chi connectivity index (χ4n) is 4.43. The van der Waals surface area contributed by atoms with E-state index in [-0.39, 0.29) is 35.6 Å². The zero-order chi connectivity index (χ0) is 18.6. The van der Waals surface area contributed by atoms with Crippen LogP contribution in [0.4, 0.5) is 4.39 Å². The highest BCUT2D eigenvalue weighted by molar-refractivity contribution is 5.82. The summed E-state index contributed by atoms with van der Waals surface area (Å²) in [6.45, 7) is 1.48. The summed E-state index contributed by atoms with van der Waals surface area (Å²) in [7, 11) is 0. The molecule has 0 bridgehead atoms. The van der Waals surface area contributed by atoms with Crippen LogP contribution in [0.1, 0.15) is 50.5 Å². The number of benzene rings is 1. The molecule has 1 aromatic rings. The lowest BCUT2D eigenvalue weighted by Gasteiger charge is -2.34. The van der Waals surface area contributed by atoms with Gasteiger partial charge in [-0.25, -0.2) is 4.39 Å². The molecule has 0 radical (unpaired) electrons. The summed E-state index contributed by atoms with van der Waals surface area (Å²) in [6, 6.07) is 6.30. The number of nitrogens with zero attached hydrogens (tertiary/aromatic N) is 1. The van der Waals surface area contributed by atoms with Crippen molar-refractivity contribution in [1.82, 2.24) is 10.2 Å². The van der Waals surface area contributed by atoms with Gasteiger partial charge in [-0.15, -0.1) is 0 Å². The number of rotatable bonds is 6. The van der Waals surface area contributed by atoms with Crippen LogP contribution in [0.25, 0.3) is 0 Å². The lowest BCUT2D eigenvalue weighted by atomic mass is 9.79. The van der Waals surface area contributed by atoms with Crippen molar-refractivity contribution < 1.29 is 14.0 Å². The van der Waals surface area contributed by atoms with Gasteiger partial charge in [0, 0.05) is 12.0 Å². The monoisotopic (exact) mass is 361 g/mol. The molecule has 2 aliphatic rings. The summed E-state index contributed by atoms with van der Waals surface area (Å²) in [4.78, 5) is 26.0. The number of carbonyl (C=O) groups excluding carboxylic acids is 2. The molecule has 1 saturated heterocycles. The van der Waals surface area contributed by atoms with E-state index in [0.29, 0.717) is 6.54 Å². The van der Waals surface area contributed by atoms with Crippen LogP contribution >= 0.6 is 0 Å². The van der Waals surface area contributed by atoms with E-state index < -0.39 is 0 Å². The van der Waals surface area contributed by atoms with Gasteiger partial charge in [-0.05, 0) is 49.9 Å². The summed E-state index contributed by atoms with van der Waals surface area (Å²) >= 11 is 0. The molecule has 3 rings (SSSR count). The maximum absolute atomic E-state index is 13.3. The Morgan fingerprint density at radius 1 is 1.15 bits per heavy atom. The second-order valence-corrected chi connectivity index (χ2v) is 7.66. The average Bonchev–Trinajstić information content (AvgIpc) is 3.11. The molecular formula is C20H28FN3O2. The summed E-state index contributed by atoms with van der Waals surface area (Å²) in [5, 5.41) is 3.06. The molecule has 1 atom stereocenters. The number of hydrogen-bond acceptors (Lipinski definition) is 3. The Hall–Kier alpha value is -1.95. The molecule has 6 heteroatoms. The first-order chi connectivity index (χ1) is 12.5. The third-order valence-corrected chi connectivity index (χ3v) is 5.93. The molecule has 2 amide bonds. The van der Waals surface area contributed by atoms with Crippen molar-refractivity contribution >= 4 is 11.8 Å². The third kappa shape index (κ3) is 4.23. The van der Waals surface area contributed by atoms with Crippen molar-refractivity contribution in [3.05, 3.63) is 35.6 Å². The molecular weight excluding hydrogens is 333 g/mol. The van der Waals surface area contributed by atoms with Crippen LogP contribution < -0.4 is 11.1 Å². The Morgan fingerprint density at radius 2 is 1.85 bits per heavy atom. The maximum atomic E-state index is 13.3. The van der Waals surface area contributed by atoms with Gasteiger partial charge in [-0.3, -0.25) is 14.5 Å². The van der Waals surface area contributed by atoms with Crippen molar-refractivity contribution in [1.29, 1.82) is 0 Å². The number of carbonyl (C=O) groups is 2. The fourth-order valence-corrected chi connectivity index (χ4v) is 4.43. The number of halogens is 1. The lowest BCUT2D eigenvalue weighted by Crippen LogP contribution is -2.52. The molecule has 2 fully saturated rings. The molecule has 5 nitrogen and oxygen atoms in total. The number of primary amides is 1. The van der Waals surface area contributed by atoms with Crippen LogP contribution in [0.5, 0.6) is 0 Å². The van der Waals surface area contributed by atoms with Crippen molar-refractivity contribution in [2.24, 2.45) is 5.73 Å². The molecule has 26 heavy (non-hydrogen) atoms. The van der Waals surface area contributed by atoms with Gasteiger partial charge in [0.1, 0.15) is 5.82 Å². The zero-order valence-electron chi connectivity index (χ0n) is 15.2. The highest BCUT2D eigenvalue weighted by Crippen LogP contribution is 2.40. The molecule has 1 unspecified atom stereocenters. The predicted molar refractivity (Wildman–Crippen MR) is 98.0 cm³/mol. The Morgan fingerprint density at radius 3 is 2.50 bits per heavy atom. The van der Waals surface area contributed by atoms with Crippen molar-refractivity contribution in [2.75, 3.05) is 19.6 Å². The van der Waals surface area contributed by atoms with E-state index >= 15 is 0 Å². The minimum absolute atomic E-state index is 0.0773. The number of amides is 2. The molecule has 3 N–H and O–H groups in total. The smallest absolute Gasteiger partial charge is 0.234 e. The first-order valence-corrected chi connectivity index (χ1v) is 9.56. The molecule has 1 heterocycles. The van der Waals surface area contributed by atoms with E-state index in [4.69, 9.17) is 5.73 Å². The van der Waals surface area contributed by atoms with Gasteiger partial charge in [-0.1, -0.05) is 31.4 Å². The van der Waals surface area contributed by atoms with Gasteiger partial charge in [0.2, 0.25) is 11.8 Å². The SMILES string of the molecule is NC(=O)C1CCCCN1CC(=O)NCC1(c2ccc(F)cc2)CCCC1. The second kappa shape index (κ2) is 8.16. The van der Waals surface area contributed by atoms with Gasteiger partial charge in [-0.2, -0.15) is 0 Å². The third-order valence-electron chi connectivity index (χ3n) is 5.93. The summed E-state index contributed by atoms with van der Waals surface area (Å²) in [5.74, 6) is -0.670. The van der Waals surface area contributed by atoms with E-state index in [1.807, 2.05) is 17.0 Å². The predicted octanol–water partition coefficient (Wildman–Crippen LogP) is 2.09. The normalized spacial score (nSPS) is 22.9. The van der Waals surface area contributed by atoms with Gasteiger partial charge < -0.3 is 11.1 Å². The summed E-state index contributed by atoms with van der Waals surface area (Å²) in [5.41, 5.74) is 6.44. The zero-order valence-corrected chi connectivity index (χ0v) is 15.2. The van der Waals surface area contributed by atoms with Crippen molar-refractivity contribution in [3.63, 3.8) is 0 Å². The quantitative estimate of drug-likeness (QED) is 0.815. The van der Waals surface area contributed by atoms with Crippen LogP contribution in [0.3, 0.4) is 0 Å². The molecule has 1 aliphatic heterocycles. The van der Waals surface area contributed by atoms with E-state index in [2.05, 4.69) is 5.32 Å². The van der Waals surface area contributed by atoms with Crippen LogP contribution in [0.2, 0.25) is 0 Å². The van der Waals surface area contributed by atoms with E-state index in [1.54, 1.807) is 0 Å². The van der Waals surface area contributed by atoms with Crippen LogP contribution in [-0.2, 0) is 15.0 Å². The topological polar surface area (TPSA) is 75.4 Å². The van der Waals surface area contributed by atoms with E-state index in [0.717, 1.165) is 57.1 Å². The van der Waals surface area contributed by atoms with E-state index in [1.165, 1.54) is 12.1 Å². The Labute approximate surface area is 154 Å². The number of nitrogens with two attached hydrogens (primary N) is 1. The summed E-state index contributed by atoms with van der Waals surface area (Å²) in [6.07, 6.45) is 6.89. The molecule has 142 valence electrons. The Bertz CT molecular complexity index is 641. The lowest BCUT2D eigenvalue weighted by molar-refractivity contribution is -0.128. The Kier molecular flexibility index (Phi) is 5.91. The molecule has 0 spiro atoms. The average molecular weight is 361 g/mol. The second-order valence-electron chi connectivity index (χ2n) is 7.66. The van der Waals surface area contributed by atoms with Crippen molar-refractivity contribution in [2.45, 2.75) is 56.4 Å². The highest BCUT2D eigenvalue weighted by Gasteiger charge is 2.36. The molecule has 1 aromatic carbocycles. The molecule has 0 aromatic heterocycles. The Balaban J connectivity index is 1.61. The number of piperidine rings is 1. The summed E-state index contributed by atoms with van der Waals surface area (Å²) < 4.78 is 13.3. The fraction of sp³-hybridized carbons (Fsp3) is 0.600.